The van der Waals surface area contributed by atoms with E-state index in [9.17, 15) is 0 Å². The molecule has 8 heteroatoms. The summed E-state index contributed by atoms with van der Waals surface area (Å²) in [6.45, 7) is 27.3. The summed E-state index contributed by atoms with van der Waals surface area (Å²) in [5.74, 6) is 1.14. The van der Waals surface area contributed by atoms with Crippen molar-refractivity contribution < 1.29 is 18.3 Å². The first-order valence-electron chi connectivity index (χ1n) is 19.5. The molecule has 5 atom stereocenters. The zero-order valence-electron chi connectivity index (χ0n) is 33.6. The Hall–Kier alpha value is -1.53. The van der Waals surface area contributed by atoms with E-state index in [0.717, 1.165) is 37.9 Å². The zero-order chi connectivity index (χ0) is 37.0. The average molecular weight is 725 g/mol. The SMILES string of the molecule is CCCCC[C@@H](CC[C@H]1C(O[Si](C)(C)C(C)(C)C)C[C@]2(N)Cc3c(cccc3O[Si](C)(C)C(C)(C)C)C[C@]12N)OCCOCc1ccccc1. The smallest absolute Gasteiger partial charge is 0.250 e. The molecular formula is C42H72N2O4Si2. The lowest BCUT2D eigenvalue weighted by atomic mass is 9.64. The van der Waals surface area contributed by atoms with Crippen LogP contribution in [-0.4, -0.2) is 53.1 Å². The third-order valence-corrected chi connectivity index (χ3v) is 21.7. The summed E-state index contributed by atoms with van der Waals surface area (Å²) >= 11 is 0. The van der Waals surface area contributed by atoms with Crippen LogP contribution in [-0.2, 0) is 33.3 Å². The van der Waals surface area contributed by atoms with Gasteiger partial charge in [0.25, 0.3) is 0 Å². The van der Waals surface area contributed by atoms with Crippen molar-refractivity contribution in [3.05, 3.63) is 65.2 Å². The number of nitrogens with two attached hydrogens (primary N) is 2. The first-order valence-corrected chi connectivity index (χ1v) is 25.3. The van der Waals surface area contributed by atoms with Gasteiger partial charge >= 0.3 is 0 Å². The van der Waals surface area contributed by atoms with Crippen LogP contribution in [0.15, 0.2) is 48.5 Å². The first kappa shape index (κ1) is 41.2. The number of rotatable bonds is 17. The van der Waals surface area contributed by atoms with Crippen LogP contribution in [0.1, 0.15) is 110 Å². The summed E-state index contributed by atoms with van der Waals surface area (Å²) in [5.41, 5.74) is 17.9. The van der Waals surface area contributed by atoms with Crippen LogP contribution >= 0.6 is 0 Å². The minimum Gasteiger partial charge on any atom is -0.543 e. The van der Waals surface area contributed by atoms with Crippen molar-refractivity contribution >= 4 is 16.6 Å². The molecule has 0 aromatic heterocycles. The molecular weight excluding hydrogens is 653 g/mol. The van der Waals surface area contributed by atoms with Gasteiger partial charge < -0.3 is 29.8 Å². The van der Waals surface area contributed by atoms with Crippen LogP contribution in [0.25, 0.3) is 0 Å². The molecule has 2 aliphatic rings. The predicted octanol–water partition coefficient (Wildman–Crippen LogP) is 9.94. The Bertz CT molecular complexity index is 1370. The Kier molecular flexibility index (Phi) is 13.4. The number of hydrogen-bond acceptors (Lipinski definition) is 6. The summed E-state index contributed by atoms with van der Waals surface area (Å²) in [7, 11) is -4.15. The van der Waals surface area contributed by atoms with E-state index in [1.807, 2.05) is 6.07 Å². The van der Waals surface area contributed by atoms with Gasteiger partial charge in [-0.15, -0.1) is 0 Å². The quantitative estimate of drug-likeness (QED) is 0.125. The first-order chi connectivity index (χ1) is 23.2. The Labute approximate surface area is 308 Å². The molecule has 0 saturated heterocycles. The molecule has 0 heterocycles. The molecule has 1 unspecified atom stereocenters. The monoisotopic (exact) mass is 725 g/mol. The fraction of sp³-hybridized carbons (Fsp3) is 0.714. The van der Waals surface area contributed by atoms with Gasteiger partial charge in [0.05, 0.1) is 32.0 Å². The van der Waals surface area contributed by atoms with E-state index < -0.39 is 27.7 Å². The second-order valence-electron chi connectivity index (χ2n) is 18.6. The molecule has 4 rings (SSSR count). The van der Waals surface area contributed by atoms with E-state index in [1.165, 1.54) is 36.0 Å². The van der Waals surface area contributed by atoms with Crippen molar-refractivity contribution in [3.63, 3.8) is 0 Å². The summed E-state index contributed by atoms with van der Waals surface area (Å²) in [6, 6.07) is 16.9. The highest BCUT2D eigenvalue weighted by molar-refractivity contribution is 6.75. The molecule has 2 aromatic carbocycles. The minimum absolute atomic E-state index is 0.00969. The zero-order valence-corrected chi connectivity index (χ0v) is 35.6. The molecule has 282 valence electrons. The van der Waals surface area contributed by atoms with Crippen molar-refractivity contribution in [1.82, 2.24) is 0 Å². The highest BCUT2D eigenvalue weighted by atomic mass is 28.4. The van der Waals surface area contributed by atoms with Crippen molar-refractivity contribution in [3.8, 4) is 5.75 Å². The Balaban J connectivity index is 1.57. The van der Waals surface area contributed by atoms with E-state index in [-0.39, 0.29) is 28.2 Å². The van der Waals surface area contributed by atoms with Crippen molar-refractivity contribution in [1.29, 1.82) is 0 Å². The molecule has 0 aliphatic heterocycles. The molecule has 0 spiro atoms. The van der Waals surface area contributed by atoms with Gasteiger partial charge in [-0.1, -0.05) is 110 Å². The maximum atomic E-state index is 7.74. The lowest BCUT2D eigenvalue weighted by Crippen LogP contribution is -2.69. The van der Waals surface area contributed by atoms with Gasteiger partial charge in [0.15, 0.2) is 8.32 Å². The van der Waals surface area contributed by atoms with Crippen LogP contribution in [0.5, 0.6) is 5.75 Å². The van der Waals surface area contributed by atoms with Gasteiger partial charge in [0.1, 0.15) is 5.75 Å². The number of fused-ring (bicyclic) bond motifs is 2. The van der Waals surface area contributed by atoms with Gasteiger partial charge in [-0.25, -0.2) is 0 Å². The second-order valence-corrected chi connectivity index (χ2v) is 28.1. The van der Waals surface area contributed by atoms with Gasteiger partial charge in [0.2, 0.25) is 8.32 Å². The lowest BCUT2D eigenvalue weighted by molar-refractivity contribution is -0.0134. The minimum atomic E-state index is -2.10. The summed E-state index contributed by atoms with van der Waals surface area (Å²) < 4.78 is 26.9. The van der Waals surface area contributed by atoms with Crippen LogP contribution in [0.2, 0.25) is 36.3 Å². The van der Waals surface area contributed by atoms with Crippen molar-refractivity contribution in [2.75, 3.05) is 13.2 Å². The van der Waals surface area contributed by atoms with Crippen LogP contribution in [0.3, 0.4) is 0 Å². The van der Waals surface area contributed by atoms with Crippen LogP contribution in [0, 0.1) is 5.92 Å². The van der Waals surface area contributed by atoms with Gasteiger partial charge in [-0.3, -0.25) is 0 Å². The third-order valence-electron chi connectivity index (χ3n) is 12.9. The molecule has 4 N–H and O–H groups in total. The number of hydrogen-bond donors (Lipinski definition) is 2. The maximum absolute atomic E-state index is 7.74. The molecule has 2 aromatic rings. The number of unbranched alkanes of at least 4 members (excludes halogenated alkanes) is 2. The Morgan fingerprint density at radius 2 is 1.50 bits per heavy atom. The standard InChI is InChI=1S/C42H72N2O4Si2/c1-12-13-15-22-34(46-27-26-45-31-32-19-16-14-17-20-32)24-25-36-38(48-50(10,11)40(5,6)7)30-41(43)29-35-33(28-42(36,41)44)21-18-23-37(35)47-49(8,9)39(2,3)4/h14,16-21,23,34,36,38H,12-13,15,22,24-31,43-44H2,1-11H3/t34-,36-,38?,41+,42-/m0/s1. The fourth-order valence-corrected chi connectivity index (χ4v) is 9.93. The predicted molar refractivity (Wildman–Crippen MR) is 215 cm³/mol. The van der Waals surface area contributed by atoms with E-state index in [4.69, 9.17) is 29.8 Å². The maximum Gasteiger partial charge on any atom is 0.250 e. The molecule has 0 amide bonds. The number of benzene rings is 2. The largest absolute Gasteiger partial charge is 0.543 e. The highest BCUT2D eigenvalue weighted by Gasteiger charge is 2.63. The fourth-order valence-electron chi connectivity index (χ4n) is 7.53. The summed E-state index contributed by atoms with van der Waals surface area (Å²) in [4.78, 5) is 0. The summed E-state index contributed by atoms with van der Waals surface area (Å²) in [6.07, 6.45) is 8.90. The lowest BCUT2D eigenvalue weighted by Gasteiger charge is -2.49. The van der Waals surface area contributed by atoms with Crippen LogP contribution < -0.4 is 15.9 Å². The van der Waals surface area contributed by atoms with Gasteiger partial charge in [-0.2, -0.15) is 0 Å². The van der Waals surface area contributed by atoms with Gasteiger partial charge in [0, 0.05) is 17.0 Å². The summed E-state index contributed by atoms with van der Waals surface area (Å²) in [5, 5.41) is 0.195. The molecule has 0 radical (unpaired) electrons. The Morgan fingerprint density at radius 1 is 0.820 bits per heavy atom. The second kappa shape index (κ2) is 16.2. The molecule has 6 nitrogen and oxygen atoms in total. The molecule has 0 bridgehead atoms. The third kappa shape index (κ3) is 9.52. The van der Waals surface area contributed by atoms with E-state index in [0.29, 0.717) is 26.2 Å². The Morgan fingerprint density at radius 3 is 2.14 bits per heavy atom. The van der Waals surface area contributed by atoms with Gasteiger partial charge in [-0.05, 0) is 97.5 Å². The van der Waals surface area contributed by atoms with Crippen molar-refractivity contribution in [2.24, 2.45) is 17.4 Å². The average Bonchev–Trinajstić information content (AvgIpc) is 3.21. The van der Waals surface area contributed by atoms with E-state index in [2.05, 4.69) is 117 Å². The highest BCUT2D eigenvalue weighted by Crippen LogP contribution is 2.54. The number of ether oxygens (including phenoxy) is 2. The van der Waals surface area contributed by atoms with Crippen molar-refractivity contribution in [2.45, 2.75) is 172 Å². The molecule has 1 fully saturated rings. The molecule has 1 saturated carbocycles. The normalized spacial score (nSPS) is 24.9. The van der Waals surface area contributed by atoms with E-state index in [1.54, 1.807) is 0 Å². The van der Waals surface area contributed by atoms with E-state index >= 15 is 0 Å². The molecule has 2 aliphatic carbocycles. The molecule has 50 heavy (non-hydrogen) atoms. The van der Waals surface area contributed by atoms with Crippen LogP contribution in [0.4, 0.5) is 0 Å². The topological polar surface area (TPSA) is 89.0 Å².